The first kappa shape index (κ1) is 13.7. The molecule has 0 aliphatic carbocycles. The number of ether oxygens (including phenoxy) is 1. The summed E-state index contributed by atoms with van der Waals surface area (Å²) in [7, 11) is 0. The van der Waals surface area contributed by atoms with E-state index in [2.05, 4.69) is 4.90 Å². The van der Waals surface area contributed by atoms with E-state index in [1.165, 1.54) is 6.42 Å². The third-order valence-electron chi connectivity index (χ3n) is 3.36. The smallest absolute Gasteiger partial charge is 0.120 e. The van der Waals surface area contributed by atoms with Crippen LogP contribution in [0.15, 0.2) is 24.3 Å². The first-order valence-electron chi connectivity index (χ1n) is 6.53. The first-order chi connectivity index (χ1) is 8.79. The molecule has 1 atom stereocenters. The van der Waals surface area contributed by atoms with Crippen LogP contribution in [0.1, 0.15) is 19.3 Å². The maximum Gasteiger partial charge on any atom is 0.120 e. The van der Waals surface area contributed by atoms with E-state index in [4.69, 9.17) is 16.3 Å². The van der Waals surface area contributed by atoms with Crippen molar-refractivity contribution in [2.24, 2.45) is 0 Å². The van der Waals surface area contributed by atoms with Crippen LogP contribution >= 0.6 is 11.6 Å². The fourth-order valence-electron chi connectivity index (χ4n) is 2.41. The van der Waals surface area contributed by atoms with Gasteiger partial charge in [-0.15, -0.1) is 0 Å². The molecule has 2 rings (SSSR count). The number of benzene rings is 1. The van der Waals surface area contributed by atoms with E-state index in [9.17, 15) is 5.11 Å². The molecule has 1 N–H and O–H groups in total. The summed E-state index contributed by atoms with van der Waals surface area (Å²) in [6.45, 7) is 3.05. The Morgan fingerprint density at radius 1 is 1.44 bits per heavy atom. The maximum absolute atomic E-state index is 9.21. The molecule has 3 nitrogen and oxygen atoms in total. The van der Waals surface area contributed by atoms with Gasteiger partial charge in [0.15, 0.2) is 0 Å². The molecule has 1 aliphatic rings. The lowest BCUT2D eigenvalue weighted by Crippen LogP contribution is -2.33. The number of hydrogen-bond acceptors (Lipinski definition) is 3. The summed E-state index contributed by atoms with van der Waals surface area (Å²) in [5, 5.41) is 9.92. The topological polar surface area (TPSA) is 32.7 Å². The molecule has 1 heterocycles. The van der Waals surface area contributed by atoms with Crippen molar-refractivity contribution in [3.63, 3.8) is 0 Å². The number of likely N-dealkylation sites (tertiary alicyclic amines) is 1. The van der Waals surface area contributed by atoms with Gasteiger partial charge >= 0.3 is 0 Å². The van der Waals surface area contributed by atoms with Crippen LogP contribution in [0.4, 0.5) is 0 Å². The summed E-state index contributed by atoms with van der Waals surface area (Å²) < 4.78 is 5.64. The number of hydrogen-bond donors (Lipinski definition) is 1. The second-order valence-electron chi connectivity index (χ2n) is 4.67. The SMILES string of the molecule is OC[C@H]1CCCN1CCCOc1cccc(Cl)c1. The lowest BCUT2D eigenvalue weighted by Gasteiger charge is -2.22. The van der Waals surface area contributed by atoms with Gasteiger partial charge in [-0.2, -0.15) is 0 Å². The van der Waals surface area contributed by atoms with Crippen LogP contribution in [0.25, 0.3) is 0 Å². The number of aliphatic hydroxyl groups excluding tert-OH is 1. The molecule has 0 radical (unpaired) electrons. The van der Waals surface area contributed by atoms with Crippen molar-refractivity contribution in [2.75, 3.05) is 26.3 Å². The van der Waals surface area contributed by atoms with E-state index in [1.54, 1.807) is 0 Å². The standard InChI is InChI=1S/C14H20ClNO2/c15-12-4-1-6-14(10-12)18-9-3-8-16-7-2-5-13(16)11-17/h1,4,6,10,13,17H,2-3,5,7-9,11H2/t13-/m1/s1. The molecule has 0 bridgehead atoms. The minimum Gasteiger partial charge on any atom is -0.493 e. The lowest BCUT2D eigenvalue weighted by molar-refractivity contribution is 0.150. The van der Waals surface area contributed by atoms with Gasteiger partial charge < -0.3 is 9.84 Å². The van der Waals surface area contributed by atoms with Crippen molar-refractivity contribution < 1.29 is 9.84 Å². The number of halogens is 1. The molecule has 0 saturated carbocycles. The summed E-state index contributed by atoms with van der Waals surface area (Å²) in [6, 6.07) is 7.83. The monoisotopic (exact) mass is 269 g/mol. The van der Waals surface area contributed by atoms with Crippen molar-refractivity contribution in [1.29, 1.82) is 0 Å². The van der Waals surface area contributed by atoms with E-state index < -0.39 is 0 Å². The third-order valence-corrected chi connectivity index (χ3v) is 3.60. The zero-order chi connectivity index (χ0) is 12.8. The van der Waals surface area contributed by atoms with Crippen LogP contribution in [0.3, 0.4) is 0 Å². The normalized spacial score (nSPS) is 20.2. The molecular formula is C14H20ClNO2. The van der Waals surface area contributed by atoms with Gasteiger partial charge in [-0.05, 0) is 44.0 Å². The molecule has 0 unspecified atom stereocenters. The van der Waals surface area contributed by atoms with Crippen molar-refractivity contribution in [3.8, 4) is 5.75 Å². The van der Waals surface area contributed by atoms with Crippen LogP contribution in [-0.4, -0.2) is 42.4 Å². The van der Waals surface area contributed by atoms with Gasteiger partial charge in [0, 0.05) is 17.6 Å². The molecule has 1 aliphatic heterocycles. The highest BCUT2D eigenvalue weighted by Gasteiger charge is 2.22. The molecule has 1 aromatic rings. The Labute approximate surface area is 113 Å². The number of rotatable bonds is 6. The molecule has 4 heteroatoms. The van der Waals surface area contributed by atoms with E-state index in [0.717, 1.165) is 31.7 Å². The molecule has 18 heavy (non-hydrogen) atoms. The molecule has 1 aromatic carbocycles. The minimum atomic E-state index is 0.273. The van der Waals surface area contributed by atoms with Gasteiger partial charge in [0.2, 0.25) is 0 Å². The van der Waals surface area contributed by atoms with Crippen molar-refractivity contribution >= 4 is 11.6 Å². The van der Waals surface area contributed by atoms with Gasteiger partial charge in [-0.3, -0.25) is 4.90 Å². The molecule has 0 spiro atoms. The highest BCUT2D eigenvalue weighted by Crippen LogP contribution is 2.18. The second-order valence-corrected chi connectivity index (χ2v) is 5.11. The van der Waals surface area contributed by atoms with Crippen molar-refractivity contribution in [1.82, 2.24) is 4.90 Å². The highest BCUT2D eigenvalue weighted by atomic mass is 35.5. The van der Waals surface area contributed by atoms with Gasteiger partial charge in [0.05, 0.1) is 13.2 Å². The summed E-state index contributed by atoms with van der Waals surface area (Å²) >= 11 is 5.88. The quantitative estimate of drug-likeness (QED) is 0.806. The molecule has 1 fully saturated rings. The maximum atomic E-state index is 9.21. The van der Waals surface area contributed by atoms with Crippen LogP contribution in [-0.2, 0) is 0 Å². The Balaban J connectivity index is 1.67. The van der Waals surface area contributed by atoms with E-state index in [1.807, 2.05) is 24.3 Å². The Kier molecular flexibility index (Phi) is 5.29. The van der Waals surface area contributed by atoms with Crippen molar-refractivity contribution in [3.05, 3.63) is 29.3 Å². The van der Waals surface area contributed by atoms with Crippen LogP contribution in [0.2, 0.25) is 5.02 Å². The highest BCUT2D eigenvalue weighted by molar-refractivity contribution is 6.30. The third kappa shape index (κ3) is 3.87. The van der Waals surface area contributed by atoms with E-state index >= 15 is 0 Å². The van der Waals surface area contributed by atoms with Crippen LogP contribution in [0, 0.1) is 0 Å². The summed E-state index contributed by atoms with van der Waals surface area (Å²) in [5.41, 5.74) is 0. The fourth-order valence-corrected chi connectivity index (χ4v) is 2.59. The summed E-state index contributed by atoms with van der Waals surface area (Å²) in [4.78, 5) is 2.35. The van der Waals surface area contributed by atoms with E-state index in [0.29, 0.717) is 17.7 Å². The van der Waals surface area contributed by atoms with Crippen LogP contribution < -0.4 is 4.74 Å². The van der Waals surface area contributed by atoms with Gasteiger partial charge in [-0.25, -0.2) is 0 Å². The molecule has 100 valence electrons. The molecule has 1 saturated heterocycles. The van der Waals surface area contributed by atoms with Gasteiger partial charge in [-0.1, -0.05) is 17.7 Å². The van der Waals surface area contributed by atoms with E-state index in [-0.39, 0.29) is 6.61 Å². The molecule has 0 aromatic heterocycles. The zero-order valence-electron chi connectivity index (χ0n) is 10.5. The predicted octanol–water partition coefficient (Wildman–Crippen LogP) is 2.57. The predicted molar refractivity (Wildman–Crippen MR) is 73.2 cm³/mol. The van der Waals surface area contributed by atoms with Crippen molar-refractivity contribution in [2.45, 2.75) is 25.3 Å². The first-order valence-corrected chi connectivity index (χ1v) is 6.90. The lowest BCUT2D eigenvalue weighted by atomic mass is 10.2. The molecule has 0 amide bonds. The minimum absolute atomic E-state index is 0.273. The Hall–Kier alpha value is -0.770. The fraction of sp³-hybridized carbons (Fsp3) is 0.571. The second kappa shape index (κ2) is 6.98. The Bertz CT molecular complexity index is 373. The Morgan fingerprint density at radius 3 is 3.11 bits per heavy atom. The zero-order valence-corrected chi connectivity index (χ0v) is 11.3. The van der Waals surface area contributed by atoms with Gasteiger partial charge in [0.1, 0.15) is 5.75 Å². The van der Waals surface area contributed by atoms with Crippen LogP contribution in [0.5, 0.6) is 5.75 Å². The largest absolute Gasteiger partial charge is 0.493 e. The molecular weight excluding hydrogens is 250 g/mol. The Morgan fingerprint density at radius 2 is 2.33 bits per heavy atom. The summed E-state index contributed by atoms with van der Waals surface area (Å²) in [5.74, 6) is 0.822. The summed E-state index contributed by atoms with van der Waals surface area (Å²) in [6.07, 6.45) is 3.29. The average molecular weight is 270 g/mol. The number of aliphatic hydroxyl groups is 1. The number of nitrogens with zero attached hydrogens (tertiary/aromatic N) is 1. The van der Waals surface area contributed by atoms with Gasteiger partial charge in [0.25, 0.3) is 0 Å². The average Bonchev–Trinajstić information content (AvgIpc) is 2.82.